The average molecular weight is 333 g/mol. The van der Waals surface area contributed by atoms with Gasteiger partial charge in [0.25, 0.3) is 0 Å². The van der Waals surface area contributed by atoms with Crippen molar-refractivity contribution in [3.8, 4) is 5.75 Å². The van der Waals surface area contributed by atoms with Gasteiger partial charge in [0.2, 0.25) is 5.78 Å². The normalized spacial score (nSPS) is 13.9. The number of ketones is 1. The first-order valence-corrected chi connectivity index (χ1v) is 7.34. The third-order valence-corrected chi connectivity index (χ3v) is 3.91. The Hall–Kier alpha value is -2.63. The van der Waals surface area contributed by atoms with Crippen LogP contribution in [0.2, 0.25) is 0 Å². The molecule has 1 heterocycles. The van der Waals surface area contributed by atoms with Gasteiger partial charge >= 0.3 is 6.18 Å². The van der Waals surface area contributed by atoms with Gasteiger partial charge in [0.05, 0.1) is 18.2 Å². The number of nitrogens with zero attached hydrogens (tertiary/aromatic N) is 1. The number of carbonyl (C=O) groups is 1. The van der Waals surface area contributed by atoms with Crippen LogP contribution in [0.3, 0.4) is 0 Å². The number of methoxy groups -OCH3 is 1. The van der Waals surface area contributed by atoms with E-state index in [0.29, 0.717) is 28.9 Å². The fourth-order valence-electron chi connectivity index (χ4n) is 2.74. The van der Waals surface area contributed by atoms with Crippen molar-refractivity contribution in [2.75, 3.05) is 13.7 Å². The molecule has 2 aromatic rings. The highest BCUT2D eigenvalue weighted by Crippen LogP contribution is 2.32. The van der Waals surface area contributed by atoms with Crippen molar-refractivity contribution >= 4 is 11.5 Å². The zero-order chi connectivity index (χ0) is 17.3. The second-order valence-corrected chi connectivity index (χ2v) is 5.38. The summed E-state index contributed by atoms with van der Waals surface area (Å²) < 4.78 is 43.8. The quantitative estimate of drug-likeness (QED) is 0.798. The van der Waals surface area contributed by atoms with E-state index in [1.807, 2.05) is 0 Å². The van der Waals surface area contributed by atoms with E-state index in [1.165, 1.54) is 13.2 Å². The van der Waals surface area contributed by atoms with E-state index in [1.54, 1.807) is 24.3 Å². The molecule has 3 rings (SSSR count). The summed E-state index contributed by atoms with van der Waals surface area (Å²) in [5.74, 6) is 0.0531. The van der Waals surface area contributed by atoms with E-state index in [-0.39, 0.29) is 18.0 Å². The predicted molar refractivity (Wildman–Crippen MR) is 83.9 cm³/mol. The summed E-state index contributed by atoms with van der Waals surface area (Å²) in [6.07, 6.45) is -4.03. The molecule has 0 saturated heterocycles. The molecule has 24 heavy (non-hydrogen) atoms. The standard InChI is InChI=1S/C18H14F3NO2/c1-24-15-5-3-2-4-14(15)17(23)16-13-7-6-12(18(19,20)21)10-11(13)8-9-22-16/h2-7,10H,8-9H2,1H3. The third kappa shape index (κ3) is 2.91. The Kier molecular flexibility index (Phi) is 4.13. The average Bonchev–Trinajstić information content (AvgIpc) is 2.59. The zero-order valence-corrected chi connectivity index (χ0v) is 12.9. The fourth-order valence-corrected chi connectivity index (χ4v) is 2.74. The van der Waals surface area contributed by atoms with Crippen LogP contribution in [0.4, 0.5) is 13.2 Å². The van der Waals surface area contributed by atoms with Gasteiger partial charge in [-0.2, -0.15) is 13.2 Å². The van der Waals surface area contributed by atoms with Crippen molar-refractivity contribution in [1.29, 1.82) is 0 Å². The fraction of sp³-hybridized carbons (Fsp3) is 0.222. The molecule has 6 heteroatoms. The SMILES string of the molecule is COc1ccccc1C(=O)C1=NCCc2cc(C(F)(F)F)ccc21. The molecule has 0 saturated carbocycles. The molecule has 0 fully saturated rings. The second-order valence-electron chi connectivity index (χ2n) is 5.38. The van der Waals surface area contributed by atoms with Gasteiger partial charge in [-0.1, -0.05) is 18.2 Å². The number of alkyl halides is 3. The number of carbonyl (C=O) groups excluding carboxylic acids is 1. The highest BCUT2D eigenvalue weighted by atomic mass is 19.4. The van der Waals surface area contributed by atoms with Crippen LogP contribution < -0.4 is 4.74 Å². The maximum absolute atomic E-state index is 12.9. The largest absolute Gasteiger partial charge is 0.496 e. The summed E-state index contributed by atoms with van der Waals surface area (Å²) in [6.45, 7) is 0.282. The third-order valence-electron chi connectivity index (χ3n) is 3.91. The number of fused-ring (bicyclic) bond motifs is 1. The molecule has 0 spiro atoms. The highest BCUT2D eigenvalue weighted by molar-refractivity contribution is 6.52. The first-order valence-electron chi connectivity index (χ1n) is 7.34. The molecule has 1 aliphatic heterocycles. The molecule has 0 atom stereocenters. The first kappa shape index (κ1) is 16.2. The van der Waals surface area contributed by atoms with Crippen LogP contribution in [-0.4, -0.2) is 25.1 Å². The van der Waals surface area contributed by atoms with E-state index in [9.17, 15) is 18.0 Å². The van der Waals surface area contributed by atoms with Gasteiger partial charge in [0, 0.05) is 12.1 Å². The van der Waals surface area contributed by atoms with Crippen molar-refractivity contribution in [1.82, 2.24) is 0 Å². The van der Waals surface area contributed by atoms with E-state index in [4.69, 9.17) is 4.74 Å². The van der Waals surface area contributed by atoms with Crippen LogP contribution in [-0.2, 0) is 12.6 Å². The summed E-state index contributed by atoms with van der Waals surface area (Å²) >= 11 is 0. The topological polar surface area (TPSA) is 38.7 Å². The van der Waals surface area contributed by atoms with Crippen LogP contribution in [0, 0.1) is 0 Å². The van der Waals surface area contributed by atoms with E-state index in [2.05, 4.69) is 4.99 Å². The number of aliphatic imine (C=N–C) groups is 1. The number of rotatable bonds is 3. The van der Waals surface area contributed by atoms with Crippen LogP contribution in [0.1, 0.15) is 27.0 Å². The van der Waals surface area contributed by atoms with Gasteiger partial charge in [0.15, 0.2) is 0 Å². The van der Waals surface area contributed by atoms with E-state index in [0.717, 1.165) is 12.1 Å². The lowest BCUT2D eigenvalue weighted by Crippen LogP contribution is -2.23. The number of benzene rings is 2. The minimum absolute atomic E-state index is 0.175. The van der Waals surface area contributed by atoms with Gasteiger partial charge in [-0.25, -0.2) is 0 Å². The van der Waals surface area contributed by atoms with E-state index < -0.39 is 11.7 Å². The van der Waals surface area contributed by atoms with Crippen molar-refractivity contribution in [3.63, 3.8) is 0 Å². The minimum Gasteiger partial charge on any atom is -0.496 e. The summed E-state index contributed by atoms with van der Waals surface area (Å²) in [5.41, 5.74) is 0.733. The molecule has 1 aliphatic rings. The Labute approximate surface area is 136 Å². The first-order chi connectivity index (χ1) is 11.4. The number of para-hydroxylation sites is 1. The van der Waals surface area contributed by atoms with Crippen molar-refractivity contribution in [2.24, 2.45) is 4.99 Å². The molecule has 0 N–H and O–H groups in total. The highest BCUT2D eigenvalue weighted by Gasteiger charge is 2.32. The Bertz CT molecular complexity index is 825. The number of hydrogen-bond donors (Lipinski definition) is 0. The molecular weight excluding hydrogens is 319 g/mol. The van der Waals surface area contributed by atoms with E-state index >= 15 is 0 Å². The van der Waals surface area contributed by atoms with Crippen LogP contribution >= 0.6 is 0 Å². The number of halogens is 3. The van der Waals surface area contributed by atoms with Crippen LogP contribution in [0.15, 0.2) is 47.5 Å². The molecule has 0 bridgehead atoms. The lowest BCUT2D eigenvalue weighted by Gasteiger charge is -2.18. The molecule has 0 aliphatic carbocycles. The monoisotopic (exact) mass is 333 g/mol. The molecule has 0 radical (unpaired) electrons. The molecule has 2 aromatic carbocycles. The van der Waals surface area contributed by atoms with Gasteiger partial charge in [-0.3, -0.25) is 9.79 Å². The summed E-state index contributed by atoms with van der Waals surface area (Å²) in [6, 6.07) is 10.1. The van der Waals surface area contributed by atoms with Gasteiger partial charge in [-0.15, -0.1) is 0 Å². The molecule has 3 nitrogen and oxygen atoms in total. The number of Topliss-reactive ketones (excluding diaryl/α,β-unsaturated/α-hetero) is 1. The molecule has 0 aromatic heterocycles. The van der Waals surface area contributed by atoms with Gasteiger partial charge in [-0.05, 0) is 36.2 Å². The minimum atomic E-state index is -4.41. The van der Waals surface area contributed by atoms with Crippen LogP contribution in [0.25, 0.3) is 0 Å². The Morgan fingerprint density at radius 3 is 2.62 bits per heavy atom. The lowest BCUT2D eigenvalue weighted by molar-refractivity contribution is -0.137. The number of hydrogen-bond acceptors (Lipinski definition) is 3. The van der Waals surface area contributed by atoms with Gasteiger partial charge in [0.1, 0.15) is 11.5 Å². The Balaban J connectivity index is 2.03. The maximum atomic E-state index is 12.9. The van der Waals surface area contributed by atoms with Crippen LogP contribution in [0.5, 0.6) is 5.75 Å². The number of ether oxygens (including phenoxy) is 1. The summed E-state index contributed by atoms with van der Waals surface area (Å²) in [7, 11) is 1.46. The molecule has 0 amide bonds. The smallest absolute Gasteiger partial charge is 0.416 e. The molecule has 0 unspecified atom stereocenters. The summed E-state index contributed by atoms with van der Waals surface area (Å²) in [4.78, 5) is 17.0. The molecular formula is C18H14F3NO2. The Morgan fingerprint density at radius 1 is 1.17 bits per heavy atom. The lowest BCUT2D eigenvalue weighted by atomic mass is 9.91. The zero-order valence-electron chi connectivity index (χ0n) is 12.9. The second kappa shape index (κ2) is 6.11. The summed E-state index contributed by atoms with van der Waals surface area (Å²) in [5, 5.41) is 0. The predicted octanol–water partition coefficient (Wildman–Crippen LogP) is 3.94. The van der Waals surface area contributed by atoms with Gasteiger partial charge < -0.3 is 4.74 Å². The Morgan fingerprint density at radius 2 is 1.92 bits per heavy atom. The van der Waals surface area contributed by atoms with Crippen molar-refractivity contribution in [2.45, 2.75) is 12.6 Å². The van der Waals surface area contributed by atoms with Crippen molar-refractivity contribution in [3.05, 3.63) is 64.7 Å². The van der Waals surface area contributed by atoms with Crippen molar-refractivity contribution < 1.29 is 22.7 Å². The molecule has 124 valence electrons. The maximum Gasteiger partial charge on any atom is 0.416 e.